The Labute approximate surface area is 59.1 Å². The second-order valence-electron chi connectivity index (χ2n) is 2.05. The lowest BCUT2D eigenvalue weighted by Gasteiger charge is -2.20. The highest BCUT2D eigenvalue weighted by molar-refractivity contribution is 6.17. The zero-order valence-corrected chi connectivity index (χ0v) is 5.86. The van der Waals surface area contributed by atoms with Crippen LogP contribution in [0.2, 0.25) is 0 Å². The number of rotatable bonds is 2. The molecule has 0 saturated carbocycles. The Hall–Kier alpha value is 0.170. The molecule has 2 atom stereocenters. The van der Waals surface area contributed by atoms with E-state index in [1.807, 2.05) is 0 Å². The van der Waals surface area contributed by atoms with E-state index < -0.39 is 0 Å². The molecule has 0 aromatic heterocycles. The maximum absolute atomic E-state index is 10.8. The summed E-state index contributed by atoms with van der Waals surface area (Å²) in [5.74, 6) is 0.510. The number of alkyl halides is 1. The minimum Gasteiger partial charge on any atom is -0.632 e. The molecule has 0 bridgehead atoms. The molecule has 2 unspecified atom stereocenters. The number of nitrogens with one attached hydrogen (secondary N) is 1. The van der Waals surface area contributed by atoms with Crippen LogP contribution in [0.4, 0.5) is 0 Å². The highest BCUT2D eigenvalue weighted by atomic mass is 35.5. The fraction of sp³-hybridized carbons (Fsp3) is 1.00. The fourth-order valence-electron chi connectivity index (χ4n) is 0.899. The Morgan fingerprint density at radius 2 is 2.56 bits per heavy atom. The molecule has 1 rings (SSSR count). The largest absolute Gasteiger partial charge is 0.632 e. The van der Waals surface area contributed by atoms with E-state index in [-0.39, 0.29) is 11.3 Å². The van der Waals surface area contributed by atoms with E-state index in [9.17, 15) is 5.21 Å². The first-order valence-corrected chi connectivity index (χ1v) is 3.58. The van der Waals surface area contributed by atoms with E-state index in [0.29, 0.717) is 25.5 Å². The Morgan fingerprint density at radius 1 is 1.78 bits per heavy atom. The number of halogens is 1. The van der Waals surface area contributed by atoms with Crippen molar-refractivity contribution in [1.82, 2.24) is 0 Å². The number of hydrogen-bond donors (Lipinski definition) is 1. The van der Waals surface area contributed by atoms with Crippen LogP contribution in [-0.2, 0) is 4.74 Å². The third kappa shape index (κ3) is 1.79. The van der Waals surface area contributed by atoms with Gasteiger partial charge in [-0.25, -0.2) is 0 Å². The van der Waals surface area contributed by atoms with Gasteiger partial charge in [-0.2, -0.15) is 0 Å². The topological polar surface area (TPSA) is 36.7 Å². The van der Waals surface area contributed by atoms with Crippen molar-refractivity contribution in [3.8, 4) is 0 Å². The van der Waals surface area contributed by atoms with Crippen LogP contribution in [-0.4, -0.2) is 25.3 Å². The van der Waals surface area contributed by atoms with E-state index in [1.165, 1.54) is 0 Å². The van der Waals surface area contributed by atoms with E-state index in [1.54, 1.807) is 0 Å². The molecule has 0 amide bonds. The summed E-state index contributed by atoms with van der Waals surface area (Å²) in [5.41, 5.74) is 0. The monoisotopic (exact) mass is 151 g/mol. The van der Waals surface area contributed by atoms with Crippen LogP contribution in [0.15, 0.2) is 0 Å². The molecular weight excluding hydrogens is 142 g/mol. The Balaban J connectivity index is 2.22. The van der Waals surface area contributed by atoms with E-state index >= 15 is 0 Å². The molecule has 1 saturated heterocycles. The maximum atomic E-state index is 10.8. The zero-order valence-electron chi connectivity index (χ0n) is 5.10. The SMILES string of the molecule is [O-][NH+]1CCOC1CCCl. The van der Waals surface area contributed by atoms with Gasteiger partial charge < -0.3 is 15.0 Å². The number of hydroxylamine groups is 2. The molecule has 1 aliphatic heterocycles. The first-order valence-electron chi connectivity index (χ1n) is 3.05. The molecule has 3 nitrogen and oxygen atoms in total. The zero-order chi connectivity index (χ0) is 6.69. The predicted molar refractivity (Wildman–Crippen MR) is 34.3 cm³/mol. The first kappa shape index (κ1) is 7.28. The summed E-state index contributed by atoms with van der Waals surface area (Å²) in [7, 11) is 0. The molecular formula is C5H10ClNO2. The van der Waals surface area contributed by atoms with Crippen molar-refractivity contribution in [3.05, 3.63) is 5.21 Å². The normalized spacial score (nSPS) is 35.3. The molecule has 1 heterocycles. The molecule has 54 valence electrons. The van der Waals surface area contributed by atoms with Crippen molar-refractivity contribution < 1.29 is 9.80 Å². The average Bonchev–Trinajstić information content (AvgIpc) is 2.18. The summed E-state index contributed by atoms with van der Waals surface area (Å²) in [5, 5.41) is 11.0. The van der Waals surface area contributed by atoms with Gasteiger partial charge in [0, 0.05) is 12.3 Å². The van der Waals surface area contributed by atoms with Gasteiger partial charge in [-0.3, -0.25) is 0 Å². The molecule has 0 aromatic rings. The van der Waals surface area contributed by atoms with Crippen LogP contribution in [0, 0.1) is 5.21 Å². The third-order valence-corrected chi connectivity index (χ3v) is 1.62. The molecule has 0 aromatic carbocycles. The minimum atomic E-state index is -0.192. The average molecular weight is 152 g/mol. The molecule has 1 fully saturated rings. The summed E-state index contributed by atoms with van der Waals surface area (Å²) >= 11 is 5.41. The molecule has 1 N–H and O–H groups in total. The number of hydrogen-bond acceptors (Lipinski definition) is 2. The summed E-state index contributed by atoms with van der Waals surface area (Å²) in [6.07, 6.45) is 0.475. The van der Waals surface area contributed by atoms with Crippen LogP contribution >= 0.6 is 11.6 Å². The van der Waals surface area contributed by atoms with Gasteiger partial charge in [0.05, 0.1) is 0 Å². The van der Waals surface area contributed by atoms with Crippen molar-refractivity contribution >= 4 is 11.6 Å². The first-order chi connectivity index (χ1) is 4.34. The van der Waals surface area contributed by atoms with Gasteiger partial charge in [0.25, 0.3) is 0 Å². The minimum absolute atomic E-state index is 0.192. The summed E-state index contributed by atoms with van der Waals surface area (Å²) < 4.78 is 5.07. The fourth-order valence-corrected chi connectivity index (χ4v) is 1.10. The lowest BCUT2D eigenvalue weighted by molar-refractivity contribution is -0.874. The van der Waals surface area contributed by atoms with Gasteiger partial charge in [0.2, 0.25) is 0 Å². The lowest BCUT2D eigenvalue weighted by Crippen LogP contribution is -3.09. The smallest absolute Gasteiger partial charge is 0.192 e. The van der Waals surface area contributed by atoms with Crippen LogP contribution in [0.1, 0.15) is 6.42 Å². The van der Waals surface area contributed by atoms with Gasteiger partial charge in [0.1, 0.15) is 13.2 Å². The molecule has 1 aliphatic rings. The summed E-state index contributed by atoms with van der Waals surface area (Å²) in [6, 6.07) is 0. The van der Waals surface area contributed by atoms with Crippen LogP contribution < -0.4 is 5.06 Å². The quantitative estimate of drug-likeness (QED) is 0.421. The number of ether oxygens (including phenoxy) is 1. The van der Waals surface area contributed by atoms with Crippen molar-refractivity contribution in [3.63, 3.8) is 0 Å². The second kappa shape index (κ2) is 3.37. The van der Waals surface area contributed by atoms with Crippen LogP contribution in [0.3, 0.4) is 0 Å². The van der Waals surface area contributed by atoms with E-state index in [4.69, 9.17) is 16.3 Å². The second-order valence-corrected chi connectivity index (χ2v) is 2.43. The van der Waals surface area contributed by atoms with E-state index in [2.05, 4.69) is 0 Å². The van der Waals surface area contributed by atoms with Gasteiger partial charge in [-0.05, 0) is 0 Å². The van der Waals surface area contributed by atoms with Crippen LogP contribution in [0.5, 0.6) is 0 Å². The summed E-state index contributed by atoms with van der Waals surface area (Å²) in [6.45, 7) is 1.15. The molecule has 0 spiro atoms. The van der Waals surface area contributed by atoms with Gasteiger partial charge >= 0.3 is 0 Å². The van der Waals surface area contributed by atoms with Gasteiger partial charge in [0.15, 0.2) is 6.23 Å². The number of quaternary nitrogens is 1. The Morgan fingerprint density at radius 3 is 3.00 bits per heavy atom. The van der Waals surface area contributed by atoms with Crippen molar-refractivity contribution in [2.45, 2.75) is 12.6 Å². The molecule has 0 radical (unpaired) electrons. The highest BCUT2D eigenvalue weighted by Crippen LogP contribution is 1.95. The van der Waals surface area contributed by atoms with Crippen molar-refractivity contribution in [2.24, 2.45) is 0 Å². The summed E-state index contributed by atoms with van der Waals surface area (Å²) in [4.78, 5) is 0. The third-order valence-electron chi connectivity index (χ3n) is 1.40. The standard InChI is InChI=1S/C5H10ClNO2/c6-2-1-5-7(8)3-4-9-5/h5,7H,1-4H2. The predicted octanol–water partition coefficient (Wildman–Crippen LogP) is -0.646. The van der Waals surface area contributed by atoms with Crippen LogP contribution in [0.25, 0.3) is 0 Å². The Bertz CT molecular complexity index is 91.0. The molecule has 9 heavy (non-hydrogen) atoms. The molecule has 4 heteroatoms. The highest BCUT2D eigenvalue weighted by Gasteiger charge is 2.21. The van der Waals surface area contributed by atoms with Crippen molar-refractivity contribution in [1.29, 1.82) is 0 Å². The van der Waals surface area contributed by atoms with Gasteiger partial charge in [-0.15, -0.1) is 11.6 Å². The molecule has 0 aliphatic carbocycles. The Kier molecular flexibility index (Phi) is 2.72. The lowest BCUT2D eigenvalue weighted by atomic mass is 10.4. The van der Waals surface area contributed by atoms with E-state index in [0.717, 1.165) is 0 Å². The van der Waals surface area contributed by atoms with Crippen molar-refractivity contribution in [2.75, 3.05) is 19.0 Å². The van der Waals surface area contributed by atoms with Gasteiger partial charge in [-0.1, -0.05) is 0 Å². The maximum Gasteiger partial charge on any atom is 0.192 e.